The van der Waals surface area contributed by atoms with E-state index >= 15 is 0 Å². The van der Waals surface area contributed by atoms with E-state index in [1.54, 1.807) is 10.7 Å². The van der Waals surface area contributed by atoms with Gasteiger partial charge in [-0.05, 0) is 31.3 Å². The van der Waals surface area contributed by atoms with Crippen LogP contribution in [0.4, 0.5) is 16.0 Å². The van der Waals surface area contributed by atoms with E-state index in [1.165, 1.54) is 12.8 Å². The lowest BCUT2D eigenvalue weighted by atomic mass is 10.1. The first-order valence-corrected chi connectivity index (χ1v) is 9.78. The van der Waals surface area contributed by atoms with Gasteiger partial charge in [-0.2, -0.15) is 9.61 Å². The summed E-state index contributed by atoms with van der Waals surface area (Å²) in [7, 11) is 0. The highest BCUT2D eigenvalue weighted by atomic mass is 19.1. The van der Waals surface area contributed by atoms with Crippen molar-refractivity contribution >= 4 is 29.3 Å². The zero-order valence-corrected chi connectivity index (χ0v) is 15.6. The van der Waals surface area contributed by atoms with E-state index in [0.717, 1.165) is 23.7 Å². The predicted octanol–water partition coefficient (Wildman–Crippen LogP) is 2.52. The Balaban J connectivity index is 1.55. The van der Waals surface area contributed by atoms with Crippen LogP contribution in [0.25, 0.3) is 11.7 Å². The number of alkyl halides is 1. The number of nitrogens with zero attached hydrogens (tertiary/aromatic N) is 4. The van der Waals surface area contributed by atoms with Gasteiger partial charge in [-0.25, -0.2) is 9.37 Å². The van der Waals surface area contributed by atoms with Gasteiger partial charge in [0.05, 0.1) is 12.7 Å². The van der Waals surface area contributed by atoms with E-state index in [1.807, 2.05) is 17.0 Å². The van der Waals surface area contributed by atoms with Gasteiger partial charge in [0.2, 0.25) is 0 Å². The predicted molar refractivity (Wildman–Crippen MR) is 106 cm³/mol. The summed E-state index contributed by atoms with van der Waals surface area (Å²) in [6.45, 7) is 5.72. The second-order valence-electron chi connectivity index (χ2n) is 7.90. The van der Waals surface area contributed by atoms with Gasteiger partial charge < -0.3 is 15.5 Å². The molecule has 0 radical (unpaired) electrons. The highest BCUT2D eigenvalue weighted by Crippen LogP contribution is 2.31. The maximum Gasteiger partial charge on any atom is 0.251 e. The first-order chi connectivity index (χ1) is 13.6. The number of amides is 1. The van der Waals surface area contributed by atoms with Crippen LogP contribution in [-0.2, 0) is 4.79 Å². The van der Waals surface area contributed by atoms with E-state index in [2.05, 4.69) is 22.3 Å². The number of hydrogen-bond acceptors (Lipinski definition) is 5. The molecule has 0 aromatic carbocycles. The molecule has 2 saturated heterocycles. The number of carbonyl (C=O) groups is 1. The summed E-state index contributed by atoms with van der Waals surface area (Å²) in [6, 6.07) is 1.95. The number of hydrogen-bond donors (Lipinski definition) is 2. The van der Waals surface area contributed by atoms with Crippen LogP contribution in [0.15, 0.2) is 30.1 Å². The highest BCUT2D eigenvalue weighted by molar-refractivity contribution is 6.02. The van der Waals surface area contributed by atoms with Gasteiger partial charge in [0.25, 0.3) is 5.91 Å². The van der Waals surface area contributed by atoms with Gasteiger partial charge in [-0.15, -0.1) is 0 Å². The van der Waals surface area contributed by atoms with E-state index in [-0.39, 0.29) is 5.91 Å². The number of aromatic nitrogens is 3. The van der Waals surface area contributed by atoms with E-state index in [0.29, 0.717) is 48.8 Å². The summed E-state index contributed by atoms with van der Waals surface area (Å²) < 4.78 is 15.5. The summed E-state index contributed by atoms with van der Waals surface area (Å²) in [5, 5.41) is 10.7. The van der Waals surface area contributed by atoms with Crippen molar-refractivity contribution in [1.29, 1.82) is 0 Å². The molecule has 1 atom stereocenters. The molecule has 2 aromatic rings. The molecule has 1 amide bonds. The van der Waals surface area contributed by atoms with Crippen LogP contribution in [0, 0.1) is 5.92 Å². The molecule has 1 aliphatic carbocycles. The minimum absolute atomic E-state index is 0.132. The monoisotopic (exact) mass is 382 g/mol. The third kappa shape index (κ3) is 3.23. The van der Waals surface area contributed by atoms with Crippen molar-refractivity contribution in [1.82, 2.24) is 19.9 Å². The van der Waals surface area contributed by atoms with Crippen LogP contribution >= 0.6 is 0 Å². The lowest BCUT2D eigenvalue weighted by Gasteiger charge is -2.18. The zero-order chi connectivity index (χ0) is 19.3. The molecule has 2 aromatic heterocycles. The fourth-order valence-electron chi connectivity index (χ4n) is 3.75. The van der Waals surface area contributed by atoms with Crippen molar-refractivity contribution in [3.8, 4) is 0 Å². The lowest BCUT2D eigenvalue weighted by molar-refractivity contribution is -0.115. The van der Waals surface area contributed by atoms with Gasteiger partial charge in [0.15, 0.2) is 5.65 Å². The number of anilines is 2. The lowest BCUT2D eigenvalue weighted by Crippen LogP contribution is -2.22. The highest BCUT2D eigenvalue weighted by Gasteiger charge is 2.26. The molecule has 1 saturated carbocycles. The smallest absolute Gasteiger partial charge is 0.251 e. The molecule has 5 rings (SSSR count). The first kappa shape index (κ1) is 17.2. The Labute approximate surface area is 162 Å². The van der Waals surface area contributed by atoms with Crippen LogP contribution in [0.1, 0.15) is 31.2 Å². The molecule has 0 spiro atoms. The molecule has 146 valence electrons. The fraction of sp³-hybridized carbons (Fsp3) is 0.450. The van der Waals surface area contributed by atoms with Crippen LogP contribution in [-0.4, -0.2) is 46.3 Å². The number of carbonyl (C=O) groups excluding carboxylic acids is 1. The van der Waals surface area contributed by atoms with Crippen LogP contribution < -0.4 is 15.5 Å². The molecule has 7 nitrogen and oxygen atoms in total. The van der Waals surface area contributed by atoms with Gasteiger partial charge in [0, 0.05) is 42.4 Å². The molecule has 8 heteroatoms. The molecule has 2 aliphatic heterocycles. The average molecular weight is 382 g/mol. The Bertz CT molecular complexity index is 992. The van der Waals surface area contributed by atoms with Crippen molar-refractivity contribution in [2.75, 3.05) is 29.9 Å². The average Bonchev–Trinajstić information content (AvgIpc) is 3.11. The largest absolute Gasteiger partial charge is 0.370 e. The topological polar surface area (TPSA) is 74.6 Å². The quantitative estimate of drug-likeness (QED) is 0.778. The van der Waals surface area contributed by atoms with Crippen molar-refractivity contribution in [2.45, 2.75) is 31.9 Å². The molecule has 3 fully saturated rings. The third-order valence-corrected chi connectivity index (χ3v) is 5.52. The van der Waals surface area contributed by atoms with E-state index in [4.69, 9.17) is 4.98 Å². The molecule has 28 heavy (non-hydrogen) atoms. The summed E-state index contributed by atoms with van der Waals surface area (Å²) in [5.41, 5.74) is 2.77. The Morgan fingerprint density at radius 3 is 2.93 bits per heavy atom. The van der Waals surface area contributed by atoms with E-state index < -0.39 is 6.17 Å². The summed E-state index contributed by atoms with van der Waals surface area (Å²) in [6.07, 6.45) is 6.24. The molecule has 3 aliphatic rings. The normalized spacial score (nSPS) is 23.8. The molecule has 4 heterocycles. The van der Waals surface area contributed by atoms with Crippen molar-refractivity contribution in [3.63, 3.8) is 0 Å². The Morgan fingerprint density at radius 2 is 2.25 bits per heavy atom. The Kier molecular flexibility index (Phi) is 4.07. The van der Waals surface area contributed by atoms with Gasteiger partial charge in [0.1, 0.15) is 17.8 Å². The van der Waals surface area contributed by atoms with Crippen LogP contribution in [0.5, 0.6) is 0 Å². The second-order valence-corrected chi connectivity index (χ2v) is 7.90. The summed E-state index contributed by atoms with van der Waals surface area (Å²) >= 11 is 0. The molecular weight excluding hydrogens is 359 g/mol. The summed E-state index contributed by atoms with van der Waals surface area (Å²) in [4.78, 5) is 18.8. The van der Waals surface area contributed by atoms with E-state index in [9.17, 15) is 9.18 Å². The number of halogens is 1. The molecule has 0 bridgehead atoms. The molecule has 0 unspecified atom stereocenters. The fourth-order valence-corrected chi connectivity index (χ4v) is 3.75. The molecule has 2 N–H and O–H groups in total. The third-order valence-electron chi connectivity index (χ3n) is 5.52. The Morgan fingerprint density at radius 1 is 1.39 bits per heavy atom. The van der Waals surface area contributed by atoms with Crippen molar-refractivity contribution in [2.24, 2.45) is 5.92 Å². The number of rotatable bonds is 5. The van der Waals surface area contributed by atoms with Gasteiger partial charge >= 0.3 is 0 Å². The number of fused-ring (bicyclic) bond motifs is 1. The molecular formula is C20H23FN6O. The van der Waals surface area contributed by atoms with Crippen molar-refractivity contribution in [3.05, 3.63) is 35.7 Å². The zero-order valence-electron chi connectivity index (χ0n) is 15.6. The first-order valence-electron chi connectivity index (χ1n) is 9.78. The number of allylic oxidation sites excluding steroid dienone is 1. The summed E-state index contributed by atoms with van der Waals surface area (Å²) in [5.74, 6) is 2.16. The van der Waals surface area contributed by atoms with Crippen molar-refractivity contribution < 1.29 is 9.18 Å². The van der Waals surface area contributed by atoms with Gasteiger partial charge in [-0.1, -0.05) is 6.58 Å². The maximum atomic E-state index is 13.7. The minimum Gasteiger partial charge on any atom is -0.370 e. The SMILES string of the molecule is C=C1C/C(=C\c2cnn3c(NCC4CC4)cc(N4CC[C@@H](F)C4)nc23)C(=O)N1. The standard InChI is InChI=1S/C20H23FN6O/c1-12-6-14(20(28)24-12)7-15-10-23-27-17(22-9-13-2-3-13)8-18(25-19(15)27)26-5-4-16(21)11-26/h7-8,10,13,16,22H,1-6,9,11H2,(H,24,28)/b14-7+/t16-/m1/s1. The maximum absolute atomic E-state index is 13.7. The Hall–Kier alpha value is -2.90. The van der Waals surface area contributed by atoms with Crippen LogP contribution in [0.2, 0.25) is 0 Å². The number of nitrogens with one attached hydrogen (secondary N) is 2. The van der Waals surface area contributed by atoms with Gasteiger partial charge in [-0.3, -0.25) is 4.79 Å². The minimum atomic E-state index is -0.819. The second kappa shape index (κ2) is 6.61. The van der Waals surface area contributed by atoms with Crippen LogP contribution in [0.3, 0.4) is 0 Å².